The van der Waals surface area contributed by atoms with Crippen molar-refractivity contribution in [1.29, 1.82) is 0 Å². The Labute approximate surface area is 128 Å². The highest BCUT2D eigenvalue weighted by Crippen LogP contribution is 2.35. The summed E-state index contributed by atoms with van der Waals surface area (Å²) >= 11 is 0. The highest BCUT2D eigenvalue weighted by molar-refractivity contribution is 5.79. The lowest BCUT2D eigenvalue weighted by molar-refractivity contribution is 0.00366. The lowest BCUT2D eigenvalue weighted by atomic mass is 9.73. The average Bonchev–Trinajstić information content (AvgIpc) is 2.90. The lowest BCUT2D eigenvalue weighted by Gasteiger charge is -2.39. The zero-order chi connectivity index (χ0) is 15.3. The van der Waals surface area contributed by atoms with Gasteiger partial charge in [-0.1, -0.05) is 19.8 Å². The highest BCUT2D eigenvalue weighted by Gasteiger charge is 2.35. The number of nitrogens with zero attached hydrogens (tertiary/aromatic N) is 1. The molecule has 21 heavy (non-hydrogen) atoms. The van der Waals surface area contributed by atoms with Crippen LogP contribution in [0.5, 0.6) is 0 Å². The van der Waals surface area contributed by atoms with Gasteiger partial charge in [0, 0.05) is 32.2 Å². The maximum atomic E-state index is 10.2. The van der Waals surface area contributed by atoms with Crippen LogP contribution >= 0.6 is 0 Å². The number of rotatable bonds is 4. The van der Waals surface area contributed by atoms with Crippen LogP contribution in [0.4, 0.5) is 0 Å². The van der Waals surface area contributed by atoms with Crippen LogP contribution in [-0.2, 0) is 4.74 Å². The molecule has 2 aliphatic rings. The zero-order valence-electron chi connectivity index (χ0n) is 13.7. The molecule has 0 aromatic carbocycles. The van der Waals surface area contributed by atoms with E-state index in [1.54, 1.807) is 7.05 Å². The van der Waals surface area contributed by atoms with E-state index in [-0.39, 0.29) is 17.1 Å². The normalized spacial score (nSPS) is 37.5. The topological polar surface area (TPSA) is 65.9 Å². The Morgan fingerprint density at radius 2 is 1.95 bits per heavy atom. The molecule has 2 fully saturated rings. The molecular formula is C16H31N3O2. The van der Waals surface area contributed by atoms with Crippen LogP contribution in [0.1, 0.15) is 52.4 Å². The monoisotopic (exact) mass is 297 g/mol. The van der Waals surface area contributed by atoms with Crippen molar-refractivity contribution in [1.82, 2.24) is 10.6 Å². The van der Waals surface area contributed by atoms with Crippen LogP contribution < -0.4 is 10.6 Å². The Morgan fingerprint density at radius 1 is 1.19 bits per heavy atom. The molecule has 0 spiro atoms. The van der Waals surface area contributed by atoms with E-state index in [4.69, 9.17) is 4.74 Å². The van der Waals surface area contributed by atoms with Gasteiger partial charge in [0.2, 0.25) is 0 Å². The molecular weight excluding hydrogens is 266 g/mol. The van der Waals surface area contributed by atoms with Gasteiger partial charge in [-0.3, -0.25) is 4.99 Å². The van der Waals surface area contributed by atoms with Crippen molar-refractivity contribution < 1.29 is 9.84 Å². The summed E-state index contributed by atoms with van der Waals surface area (Å²) in [5.74, 6) is 0.797. The van der Waals surface area contributed by atoms with Crippen LogP contribution in [-0.4, -0.2) is 49.5 Å². The summed E-state index contributed by atoms with van der Waals surface area (Å²) < 4.78 is 5.78. The molecule has 3 atom stereocenters. The summed E-state index contributed by atoms with van der Waals surface area (Å²) in [6, 6.07) is 0. The van der Waals surface area contributed by atoms with E-state index in [0.29, 0.717) is 0 Å². The summed E-state index contributed by atoms with van der Waals surface area (Å²) in [5, 5.41) is 17.0. The van der Waals surface area contributed by atoms with Crippen molar-refractivity contribution in [3.63, 3.8) is 0 Å². The minimum absolute atomic E-state index is 0.0520. The van der Waals surface area contributed by atoms with Crippen molar-refractivity contribution >= 4 is 5.96 Å². The smallest absolute Gasteiger partial charge is 0.191 e. The standard InChI is InChI=1S/C16H31N3O2/c1-15(8-5-4-7-13(15)20)11-18-14(17-3)19-12-16(2)9-6-10-21-16/h13,20H,4-12H2,1-3H3,(H2,17,18,19). The fraction of sp³-hybridized carbons (Fsp3) is 0.938. The minimum atomic E-state index is -0.215. The fourth-order valence-electron chi connectivity index (χ4n) is 3.34. The molecule has 0 aromatic rings. The van der Waals surface area contributed by atoms with E-state index in [9.17, 15) is 5.11 Å². The third kappa shape index (κ3) is 4.33. The fourth-order valence-corrected chi connectivity index (χ4v) is 3.34. The molecule has 0 radical (unpaired) electrons. The van der Waals surface area contributed by atoms with Gasteiger partial charge < -0.3 is 20.5 Å². The summed E-state index contributed by atoms with van der Waals surface area (Å²) in [6.45, 7) is 6.69. The summed E-state index contributed by atoms with van der Waals surface area (Å²) in [6.07, 6.45) is 6.33. The quantitative estimate of drug-likeness (QED) is 0.545. The molecule has 1 aliphatic carbocycles. The van der Waals surface area contributed by atoms with Gasteiger partial charge in [-0.25, -0.2) is 0 Å². The molecule has 122 valence electrons. The molecule has 5 heteroatoms. The molecule has 3 N–H and O–H groups in total. The van der Waals surface area contributed by atoms with Gasteiger partial charge in [-0.15, -0.1) is 0 Å². The Bertz CT molecular complexity index is 367. The van der Waals surface area contributed by atoms with Crippen molar-refractivity contribution in [2.45, 2.75) is 64.1 Å². The third-order valence-electron chi connectivity index (χ3n) is 5.09. The Balaban J connectivity index is 1.79. The second-order valence-electron chi connectivity index (χ2n) is 7.10. The molecule has 0 bridgehead atoms. The number of hydrogen-bond donors (Lipinski definition) is 3. The number of ether oxygens (including phenoxy) is 1. The van der Waals surface area contributed by atoms with E-state index in [0.717, 1.165) is 57.8 Å². The van der Waals surface area contributed by atoms with Crippen molar-refractivity contribution in [3.05, 3.63) is 0 Å². The molecule has 3 unspecified atom stereocenters. The van der Waals surface area contributed by atoms with Gasteiger partial charge in [0.15, 0.2) is 5.96 Å². The number of aliphatic hydroxyl groups is 1. The Morgan fingerprint density at radius 3 is 2.57 bits per heavy atom. The van der Waals surface area contributed by atoms with Crippen LogP contribution in [0.25, 0.3) is 0 Å². The molecule has 1 saturated heterocycles. The van der Waals surface area contributed by atoms with Gasteiger partial charge in [0.1, 0.15) is 0 Å². The Kier molecular flexibility index (Phi) is 5.49. The van der Waals surface area contributed by atoms with E-state index < -0.39 is 0 Å². The molecule has 0 aromatic heterocycles. The van der Waals surface area contributed by atoms with Gasteiger partial charge in [0.25, 0.3) is 0 Å². The summed E-state index contributed by atoms with van der Waals surface area (Å²) in [5.41, 5.74) is -0.129. The van der Waals surface area contributed by atoms with Crippen molar-refractivity contribution in [2.24, 2.45) is 10.4 Å². The highest BCUT2D eigenvalue weighted by atomic mass is 16.5. The minimum Gasteiger partial charge on any atom is -0.392 e. The van der Waals surface area contributed by atoms with Crippen LogP contribution in [0, 0.1) is 5.41 Å². The first-order chi connectivity index (χ1) is 9.97. The number of aliphatic hydroxyl groups excluding tert-OH is 1. The summed E-state index contributed by atoms with van der Waals surface area (Å²) in [4.78, 5) is 4.28. The van der Waals surface area contributed by atoms with Gasteiger partial charge in [0.05, 0.1) is 11.7 Å². The van der Waals surface area contributed by atoms with E-state index in [2.05, 4.69) is 29.5 Å². The first kappa shape index (κ1) is 16.6. The molecule has 1 heterocycles. The molecule has 2 rings (SSSR count). The molecule has 1 saturated carbocycles. The number of nitrogens with one attached hydrogen (secondary N) is 2. The number of aliphatic imine (C=N–C) groups is 1. The van der Waals surface area contributed by atoms with Crippen LogP contribution in [0.15, 0.2) is 4.99 Å². The second-order valence-corrected chi connectivity index (χ2v) is 7.10. The van der Waals surface area contributed by atoms with Gasteiger partial charge >= 0.3 is 0 Å². The van der Waals surface area contributed by atoms with Crippen molar-refractivity contribution in [3.8, 4) is 0 Å². The maximum Gasteiger partial charge on any atom is 0.191 e. The predicted molar refractivity (Wildman–Crippen MR) is 85.5 cm³/mol. The Hall–Kier alpha value is -0.810. The maximum absolute atomic E-state index is 10.2. The zero-order valence-corrected chi connectivity index (χ0v) is 13.7. The third-order valence-corrected chi connectivity index (χ3v) is 5.09. The summed E-state index contributed by atoms with van der Waals surface area (Å²) in [7, 11) is 1.78. The molecule has 0 amide bonds. The van der Waals surface area contributed by atoms with Crippen LogP contribution in [0.3, 0.4) is 0 Å². The van der Waals surface area contributed by atoms with Gasteiger partial charge in [-0.2, -0.15) is 0 Å². The number of hydrogen-bond acceptors (Lipinski definition) is 3. The lowest BCUT2D eigenvalue weighted by Crippen LogP contribution is -2.50. The van der Waals surface area contributed by atoms with Crippen LogP contribution in [0.2, 0.25) is 0 Å². The van der Waals surface area contributed by atoms with Crippen molar-refractivity contribution in [2.75, 3.05) is 26.7 Å². The number of guanidine groups is 1. The van der Waals surface area contributed by atoms with E-state index >= 15 is 0 Å². The predicted octanol–water partition coefficient (Wildman–Crippen LogP) is 1.66. The SMILES string of the molecule is CN=C(NCC1(C)CCCO1)NCC1(C)CCCCC1O. The first-order valence-corrected chi connectivity index (χ1v) is 8.24. The largest absolute Gasteiger partial charge is 0.392 e. The van der Waals surface area contributed by atoms with E-state index in [1.165, 1.54) is 6.42 Å². The first-order valence-electron chi connectivity index (χ1n) is 8.24. The molecule has 5 nitrogen and oxygen atoms in total. The van der Waals surface area contributed by atoms with Gasteiger partial charge in [-0.05, 0) is 32.6 Å². The van der Waals surface area contributed by atoms with E-state index in [1.807, 2.05) is 0 Å². The molecule has 1 aliphatic heterocycles. The average molecular weight is 297 g/mol. The second kappa shape index (κ2) is 6.97.